The number of carbonyl (C=O) groups is 1. The lowest BCUT2D eigenvalue weighted by atomic mass is 10.2. The molecule has 0 amide bonds. The third kappa shape index (κ3) is 7.84. The number of H-pyrrole nitrogens is 1. The smallest absolute Gasteiger partial charge is 0.429 e. The highest BCUT2D eigenvalue weighted by Gasteiger charge is 2.43. The molecule has 5 rings (SSSR count). The molecule has 1 N–H and O–H groups in total. The number of hydrogen-bond acceptors (Lipinski definition) is 9. The fraction of sp³-hybridized carbons (Fsp3) is 0.414. The van der Waals surface area contributed by atoms with Crippen molar-refractivity contribution < 1.29 is 32.6 Å². The molecule has 2 aliphatic heterocycles. The van der Waals surface area contributed by atoms with Crippen LogP contribution in [0, 0.1) is 0 Å². The molecule has 0 radical (unpaired) electrons. The van der Waals surface area contributed by atoms with E-state index >= 15 is 0 Å². The van der Waals surface area contributed by atoms with Gasteiger partial charge in [0.2, 0.25) is 0 Å². The Bertz CT molecular complexity index is 1470. The number of benzene rings is 2. The van der Waals surface area contributed by atoms with Crippen molar-refractivity contribution in [1.29, 1.82) is 0 Å². The Labute approximate surface area is 242 Å². The highest BCUT2D eigenvalue weighted by atomic mass is 31.2. The van der Waals surface area contributed by atoms with Crippen LogP contribution in [0.3, 0.4) is 0 Å². The van der Waals surface area contributed by atoms with Crippen LogP contribution in [0.15, 0.2) is 82.5 Å². The second-order valence-corrected chi connectivity index (χ2v) is 12.1. The first-order chi connectivity index (χ1) is 20.4. The highest BCUT2D eigenvalue weighted by molar-refractivity contribution is 7.51. The molecule has 0 aliphatic carbocycles. The van der Waals surface area contributed by atoms with E-state index in [-0.39, 0.29) is 26.2 Å². The predicted octanol–water partition coefficient (Wildman–Crippen LogP) is 4.37. The van der Waals surface area contributed by atoms with Gasteiger partial charge in [-0.05, 0) is 24.0 Å². The van der Waals surface area contributed by atoms with Crippen LogP contribution >= 0.6 is 7.75 Å². The van der Waals surface area contributed by atoms with Crippen LogP contribution in [0.5, 0.6) is 0 Å². The molecule has 12 nitrogen and oxygen atoms in total. The number of nitrogens with zero attached hydrogens (tertiary/aromatic N) is 2. The van der Waals surface area contributed by atoms with Gasteiger partial charge in [-0.1, -0.05) is 67.1 Å². The number of hydrogen-bond donors (Lipinski definition) is 1. The molecule has 0 spiro atoms. The Kier molecular flexibility index (Phi) is 10.0. The summed E-state index contributed by atoms with van der Waals surface area (Å²) in [6, 6.07) is 19.7. The van der Waals surface area contributed by atoms with Gasteiger partial charge in [0.05, 0.1) is 13.2 Å². The van der Waals surface area contributed by atoms with E-state index in [4.69, 9.17) is 23.3 Å². The maximum absolute atomic E-state index is 14.1. The highest BCUT2D eigenvalue weighted by Crippen LogP contribution is 2.54. The fourth-order valence-electron chi connectivity index (χ4n) is 4.89. The molecular weight excluding hydrogens is 565 g/mol. The lowest BCUT2D eigenvalue weighted by molar-refractivity contribution is -0.0579. The number of rotatable bonds is 11. The molecule has 1 unspecified atom stereocenters. The minimum Gasteiger partial charge on any atom is -0.429 e. The van der Waals surface area contributed by atoms with Crippen molar-refractivity contribution in [1.82, 2.24) is 14.2 Å². The van der Waals surface area contributed by atoms with E-state index in [1.807, 2.05) is 60.7 Å². The summed E-state index contributed by atoms with van der Waals surface area (Å²) in [7, 11) is -3.77. The summed E-state index contributed by atoms with van der Waals surface area (Å²) in [6.07, 6.45) is 0.507. The molecule has 3 aromatic rings. The van der Waals surface area contributed by atoms with E-state index < -0.39 is 43.6 Å². The number of carbonyl (C=O) groups excluding carboxylic acids is 1. The Balaban J connectivity index is 1.30. The summed E-state index contributed by atoms with van der Waals surface area (Å²) in [4.78, 5) is 38.9. The number of aromatic nitrogens is 2. The number of piperidine rings is 1. The van der Waals surface area contributed by atoms with Gasteiger partial charge in [0.1, 0.15) is 25.0 Å². The van der Waals surface area contributed by atoms with Crippen molar-refractivity contribution in [3.8, 4) is 0 Å². The van der Waals surface area contributed by atoms with Gasteiger partial charge in [0, 0.05) is 31.8 Å². The fourth-order valence-corrected chi connectivity index (χ4v) is 6.72. The Morgan fingerprint density at radius 3 is 2.24 bits per heavy atom. The molecule has 1 aromatic heterocycles. The van der Waals surface area contributed by atoms with Gasteiger partial charge in [0.15, 0.2) is 0 Å². The van der Waals surface area contributed by atoms with Crippen molar-refractivity contribution in [2.75, 3.05) is 19.7 Å². The average Bonchev–Trinajstić information content (AvgIpc) is 3.41. The van der Waals surface area contributed by atoms with E-state index in [1.54, 1.807) is 4.67 Å². The molecule has 42 heavy (non-hydrogen) atoms. The second kappa shape index (κ2) is 14.1. The van der Waals surface area contributed by atoms with Crippen LogP contribution in [-0.2, 0) is 41.0 Å². The maximum atomic E-state index is 14.1. The number of nitrogens with one attached hydrogen (secondary N) is 1. The summed E-state index contributed by atoms with van der Waals surface area (Å²) in [5.41, 5.74) is 0.400. The Morgan fingerprint density at radius 1 is 0.905 bits per heavy atom. The standard InChI is InChI=1S/C29H34N3O9P/c33-26-14-17-32(28(34)30-26)27-18-24(41-29(35)37-19-22-10-4-1-5-11-22)25(40-27)21-39-42(36,31-15-8-3-9-16-31)38-20-23-12-6-2-7-13-23/h1-2,4-7,10-14,17,24-25,27H,3,8-9,15-16,18-21H2,(H,30,33,34)/t24-,25+,27+,42?/m0/s1. The van der Waals surface area contributed by atoms with Gasteiger partial charge in [-0.15, -0.1) is 0 Å². The van der Waals surface area contributed by atoms with E-state index in [0.717, 1.165) is 30.4 Å². The van der Waals surface area contributed by atoms with Crippen LogP contribution < -0.4 is 11.2 Å². The van der Waals surface area contributed by atoms with Gasteiger partial charge in [-0.25, -0.2) is 18.8 Å². The minimum atomic E-state index is -3.77. The summed E-state index contributed by atoms with van der Waals surface area (Å²) < 4.78 is 46.0. The lowest BCUT2D eigenvalue weighted by Crippen LogP contribution is -2.34. The average molecular weight is 600 g/mol. The molecule has 2 fully saturated rings. The molecule has 3 heterocycles. The van der Waals surface area contributed by atoms with Gasteiger partial charge in [0.25, 0.3) is 5.56 Å². The summed E-state index contributed by atoms with van der Waals surface area (Å²) in [5.74, 6) is 0. The molecular formula is C29H34N3O9P. The number of ether oxygens (including phenoxy) is 3. The minimum absolute atomic E-state index is 0.00864. The second-order valence-electron chi connectivity index (χ2n) is 10.1. The van der Waals surface area contributed by atoms with E-state index in [2.05, 4.69) is 4.98 Å². The molecule has 4 atom stereocenters. The zero-order valence-electron chi connectivity index (χ0n) is 23.0. The van der Waals surface area contributed by atoms with E-state index in [0.29, 0.717) is 13.1 Å². The molecule has 2 aromatic carbocycles. The van der Waals surface area contributed by atoms with Crippen LogP contribution in [0.25, 0.3) is 0 Å². The predicted molar refractivity (Wildman–Crippen MR) is 152 cm³/mol. The van der Waals surface area contributed by atoms with Crippen molar-refractivity contribution >= 4 is 13.9 Å². The van der Waals surface area contributed by atoms with Gasteiger partial charge < -0.3 is 14.2 Å². The first kappa shape index (κ1) is 29.9. The van der Waals surface area contributed by atoms with Gasteiger partial charge in [-0.3, -0.25) is 23.4 Å². The molecule has 13 heteroatoms. The molecule has 0 saturated carbocycles. The Morgan fingerprint density at radius 2 is 1.57 bits per heavy atom. The van der Waals surface area contributed by atoms with E-state index in [1.165, 1.54) is 16.8 Å². The van der Waals surface area contributed by atoms with Crippen LogP contribution in [0.1, 0.15) is 43.0 Å². The number of aromatic amines is 1. The molecule has 224 valence electrons. The summed E-state index contributed by atoms with van der Waals surface area (Å²) in [5, 5.41) is 0. The largest absolute Gasteiger partial charge is 0.508 e. The van der Waals surface area contributed by atoms with Crippen molar-refractivity contribution in [3.63, 3.8) is 0 Å². The van der Waals surface area contributed by atoms with Crippen molar-refractivity contribution in [2.45, 2.75) is 57.3 Å². The van der Waals surface area contributed by atoms with Crippen LogP contribution in [-0.4, -0.2) is 52.3 Å². The van der Waals surface area contributed by atoms with Crippen LogP contribution in [0.4, 0.5) is 4.79 Å². The zero-order valence-corrected chi connectivity index (χ0v) is 23.9. The topological polar surface area (TPSA) is 138 Å². The Hall–Kier alpha value is -3.54. The van der Waals surface area contributed by atoms with Gasteiger partial charge in [-0.2, -0.15) is 0 Å². The third-order valence-corrected chi connectivity index (χ3v) is 9.13. The zero-order chi connectivity index (χ0) is 29.4. The summed E-state index contributed by atoms with van der Waals surface area (Å²) in [6.45, 7) is 0.960. The SMILES string of the molecule is O=C(OCc1ccccc1)O[C@H]1C[C@H](n2ccc(=O)[nH]c2=O)O[C@@H]1COP(=O)(OCc1ccccc1)N1CCCCC1. The summed E-state index contributed by atoms with van der Waals surface area (Å²) >= 11 is 0. The quantitative estimate of drug-likeness (QED) is 0.250. The van der Waals surface area contributed by atoms with Crippen molar-refractivity contribution in [2.24, 2.45) is 0 Å². The molecule has 2 aliphatic rings. The molecule has 0 bridgehead atoms. The third-order valence-electron chi connectivity index (χ3n) is 7.11. The normalized spacial score (nSPS) is 22.3. The first-order valence-corrected chi connectivity index (χ1v) is 15.4. The van der Waals surface area contributed by atoms with Crippen molar-refractivity contribution in [3.05, 3.63) is 105 Å². The monoisotopic (exact) mass is 599 g/mol. The van der Waals surface area contributed by atoms with Gasteiger partial charge >= 0.3 is 19.6 Å². The van der Waals surface area contributed by atoms with Crippen LogP contribution in [0.2, 0.25) is 0 Å². The molecule has 2 saturated heterocycles. The lowest BCUT2D eigenvalue weighted by Gasteiger charge is -2.33. The maximum Gasteiger partial charge on any atom is 0.508 e. The van der Waals surface area contributed by atoms with E-state index in [9.17, 15) is 18.9 Å². The first-order valence-electron chi connectivity index (χ1n) is 13.9.